The van der Waals surface area contributed by atoms with Crippen molar-refractivity contribution < 1.29 is 4.79 Å². The predicted molar refractivity (Wildman–Crippen MR) is 82.9 cm³/mol. The van der Waals surface area contributed by atoms with Gasteiger partial charge in [-0.05, 0) is 43.7 Å². The molecule has 0 aliphatic rings. The van der Waals surface area contributed by atoms with Gasteiger partial charge in [-0.25, -0.2) is 0 Å². The van der Waals surface area contributed by atoms with E-state index < -0.39 is 0 Å². The van der Waals surface area contributed by atoms with Gasteiger partial charge in [-0.1, -0.05) is 45.3 Å². The molecule has 2 rings (SSSR count). The fourth-order valence-electron chi connectivity index (χ4n) is 1.99. The van der Waals surface area contributed by atoms with Crippen LogP contribution in [0.25, 0.3) is 0 Å². The van der Waals surface area contributed by atoms with Crippen LogP contribution in [-0.2, 0) is 5.33 Å². The number of benzene rings is 2. The quantitative estimate of drug-likeness (QED) is 0.832. The topological polar surface area (TPSA) is 29.1 Å². The fraction of sp³-hybridized carbons (Fsp3) is 0.188. The van der Waals surface area contributed by atoms with Crippen LogP contribution in [0.2, 0.25) is 0 Å². The summed E-state index contributed by atoms with van der Waals surface area (Å²) in [5, 5.41) is 3.73. The first-order chi connectivity index (χ1) is 9.08. The maximum absolute atomic E-state index is 12.2. The molecule has 0 heterocycles. The molecule has 0 aliphatic carbocycles. The van der Waals surface area contributed by atoms with E-state index in [1.165, 1.54) is 5.56 Å². The smallest absolute Gasteiger partial charge is 0.255 e. The second-order valence-corrected chi connectivity index (χ2v) is 5.22. The second-order valence-electron chi connectivity index (χ2n) is 4.66. The summed E-state index contributed by atoms with van der Waals surface area (Å²) in [5.74, 6) is -0.0709. The Kier molecular flexibility index (Phi) is 4.38. The minimum Gasteiger partial charge on any atom is -0.322 e. The van der Waals surface area contributed by atoms with Crippen LogP contribution >= 0.6 is 15.9 Å². The van der Waals surface area contributed by atoms with Crippen molar-refractivity contribution in [3.05, 3.63) is 64.7 Å². The molecule has 0 aliphatic heterocycles. The molecule has 2 aromatic rings. The number of carbonyl (C=O) groups is 1. The number of rotatable bonds is 3. The number of hydrogen-bond donors (Lipinski definition) is 1. The predicted octanol–water partition coefficient (Wildman–Crippen LogP) is 4.45. The molecule has 0 saturated carbocycles. The van der Waals surface area contributed by atoms with Gasteiger partial charge in [0.25, 0.3) is 5.91 Å². The van der Waals surface area contributed by atoms with E-state index in [2.05, 4.69) is 27.3 Å². The molecule has 0 atom stereocenters. The molecular weight excluding hydrogens is 302 g/mol. The summed E-state index contributed by atoms with van der Waals surface area (Å²) in [6.45, 7) is 3.99. The molecule has 2 aromatic carbocycles. The van der Waals surface area contributed by atoms with E-state index in [1.54, 1.807) is 0 Å². The van der Waals surface area contributed by atoms with Crippen LogP contribution in [-0.4, -0.2) is 5.91 Å². The Bertz CT molecular complexity index is 570. The zero-order valence-corrected chi connectivity index (χ0v) is 12.6. The summed E-state index contributed by atoms with van der Waals surface area (Å²) >= 11 is 3.40. The number of amides is 1. The zero-order valence-electron chi connectivity index (χ0n) is 11.0. The van der Waals surface area contributed by atoms with Crippen LogP contribution in [0.5, 0.6) is 0 Å². The number of anilines is 1. The van der Waals surface area contributed by atoms with Gasteiger partial charge in [0.15, 0.2) is 0 Å². The normalized spacial score (nSPS) is 10.3. The van der Waals surface area contributed by atoms with Gasteiger partial charge in [-0.2, -0.15) is 0 Å². The molecule has 0 aromatic heterocycles. The highest BCUT2D eigenvalue weighted by atomic mass is 79.9. The van der Waals surface area contributed by atoms with Gasteiger partial charge in [0, 0.05) is 16.6 Å². The Morgan fingerprint density at radius 2 is 1.63 bits per heavy atom. The van der Waals surface area contributed by atoms with Crippen molar-refractivity contribution in [1.29, 1.82) is 0 Å². The van der Waals surface area contributed by atoms with E-state index in [0.29, 0.717) is 5.56 Å². The fourth-order valence-corrected chi connectivity index (χ4v) is 2.36. The average molecular weight is 318 g/mol. The Morgan fingerprint density at radius 3 is 2.16 bits per heavy atom. The number of carbonyl (C=O) groups excluding carboxylic acids is 1. The van der Waals surface area contributed by atoms with Crippen molar-refractivity contribution in [3.8, 4) is 0 Å². The number of nitrogens with one attached hydrogen (secondary N) is 1. The highest BCUT2D eigenvalue weighted by Gasteiger charge is 2.07. The maximum Gasteiger partial charge on any atom is 0.255 e. The van der Waals surface area contributed by atoms with E-state index in [-0.39, 0.29) is 5.91 Å². The molecule has 0 fully saturated rings. The summed E-state index contributed by atoms with van der Waals surface area (Å²) < 4.78 is 0. The molecule has 0 spiro atoms. The van der Waals surface area contributed by atoms with Crippen molar-refractivity contribution in [2.24, 2.45) is 0 Å². The highest BCUT2D eigenvalue weighted by Crippen LogP contribution is 2.14. The second kappa shape index (κ2) is 6.02. The zero-order chi connectivity index (χ0) is 13.8. The third-order valence-corrected chi connectivity index (χ3v) is 3.50. The molecule has 0 radical (unpaired) electrons. The molecule has 19 heavy (non-hydrogen) atoms. The van der Waals surface area contributed by atoms with E-state index in [0.717, 1.165) is 22.1 Å². The number of alkyl halides is 1. The van der Waals surface area contributed by atoms with E-state index in [1.807, 2.05) is 50.2 Å². The van der Waals surface area contributed by atoms with E-state index >= 15 is 0 Å². The summed E-state index contributed by atoms with van der Waals surface area (Å²) in [6, 6.07) is 13.7. The number of hydrogen-bond acceptors (Lipinski definition) is 1. The largest absolute Gasteiger partial charge is 0.322 e. The minimum absolute atomic E-state index is 0.0709. The lowest BCUT2D eigenvalue weighted by molar-refractivity contribution is 0.102. The molecule has 98 valence electrons. The van der Waals surface area contributed by atoms with Crippen LogP contribution < -0.4 is 5.32 Å². The molecule has 1 amide bonds. The van der Waals surface area contributed by atoms with Gasteiger partial charge in [0.05, 0.1) is 0 Å². The van der Waals surface area contributed by atoms with Crippen LogP contribution in [0.4, 0.5) is 5.69 Å². The molecule has 1 N–H and O–H groups in total. The molecular formula is C16H16BrNO. The van der Waals surface area contributed by atoms with E-state index in [9.17, 15) is 4.79 Å². The first-order valence-corrected chi connectivity index (χ1v) is 7.25. The minimum atomic E-state index is -0.0709. The summed E-state index contributed by atoms with van der Waals surface area (Å²) in [5.41, 5.74) is 4.89. The monoisotopic (exact) mass is 317 g/mol. The van der Waals surface area contributed by atoms with Crippen molar-refractivity contribution in [2.75, 3.05) is 5.32 Å². The Balaban J connectivity index is 2.15. The van der Waals surface area contributed by atoms with Gasteiger partial charge >= 0.3 is 0 Å². The molecule has 0 unspecified atom stereocenters. The lowest BCUT2D eigenvalue weighted by atomic mass is 10.1. The molecule has 2 nitrogen and oxygen atoms in total. The average Bonchev–Trinajstić information content (AvgIpc) is 2.38. The first-order valence-electron chi connectivity index (χ1n) is 6.13. The van der Waals surface area contributed by atoms with Crippen molar-refractivity contribution in [1.82, 2.24) is 0 Å². The van der Waals surface area contributed by atoms with Gasteiger partial charge < -0.3 is 5.32 Å². The van der Waals surface area contributed by atoms with Crippen LogP contribution in [0, 0.1) is 13.8 Å². The maximum atomic E-state index is 12.2. The Labute approximate surface area is 122 Å². The standard InChI is InChI=1S/C16H16BrNO/c1-11-7-12(2)9-14(8-11)16(19)18-15-5-3-13(10-17)4-6-15/h3-9H,10H2,1-2H3,(H,18,19). The lowest BCUT2D eigenvalue weighted by Gasteiger charge is -2.07. The molecule has 0 bridgehead atoms. The van der Waals surface area contributed by atoms with Crippen LogP contribution in [0.1, 0.15) is 27.0 Å². The van der Waals surface area contributed by atoms with Crippen LogP contribution in [0.3, 0.4) is 0 Å². The first kappa shape index (κ1) is 13.8. The van der Waals surface area contributed by atoms with Crippen molar-refractivity contribution >= 4 is 27.5 Å². The van der Waals surface area contributed by atoms with Crippen molar-refractivity contribution in [2.45, 2.75) is 19.2 Å². The Hall–Kier alpha value is -1.61. The molecule has 3 heteroatoms. The van der Waals surface area contributed by atoms with Crippen LogP contribution in [0.15, 0.2) is 42.5 Å². The molecule has 0 saturated heterocycles. The summed E-state index contributed by atoms with van der Waals surface area (Å²) in [4.78, 5) is 12.2. The van der Waals surface area contributed by atoms with Crippen molar-refractivity contribution in [3.63, 3.8) is 0 Å². The third-order valence-electron chi connectivity index (χ3n) is 2.85. The SMILES string of the molecule is Cc1cc(C)cc(C(=O)Nc2ccc(CBr)cc2)c1. The van der Waals surface area contributed by atoms with Gasteiger partial charge in [0.1, 0.15) is 0 Å². The Morgan fingerprint density at radius 1 is 1.05 bits per heavy atom. The van der Waals surface area contributed by atoms with Gasteiger partial charge in [-0.15, -0.1) is 0 Å². The summed E-state index contributed by atoms with van der Waals surface area (Å²) in [7, 11) is 0. The number of halogens is 1. The van der Waals surface area contributed by atoms with Gasteiger partial charge in [-0.3, -0.25) is 4.79 Å². The number of aryl methyl sites for hydroxylation is 2. The van der Waals surface area contributed by atoms with Gasteiger partial charge in [0.2, 0.25) is 0 Å². The highest BCUT2D eigenvalue weighted by molar-refractivity contribution is 9.08. The third kappa shape index (κ3) is 3.67. The van der Waals surface area contributed by atoms with E-state index in [4.69, 9.17) is 0 Å². The summed E-state index contributed by atoms with van der Waals surface area (Å²) in [6.07, 6.45) is 0. The lowest BCUT2D eigenvalue weighted by Crippen LogP contribution is -2.12.